The van der Waals surface area contributed by atoms with E-state index in [4.69, 9.17) is 14.4 Å². The summed E-state index contributed by atoms with van der Waals surface area (Å²) in [6.45, 7) is 1.59. The van der Waals surface area contributed by atoms with Crippen LogP contribution in [0.3, 0.4) is 0 Å². The first-order chi connectivity index (χ1) is 8.66. The van der Waals surface area contributed by atoms with Crippen molar-refractivity contribution in [3.63, 3.8) is 0 Å². The van der Waals surface area contributed by atoms with Gasteiger partial charge in [0.2, 0.25) is 0 Å². The van der Waals surface area contributed by atoms with Gasteiger partial charge in [-0.15, -0.1) is 0 Å². The molecule has 0 aliphatic rings. The lowest BCUT2D eigenvalue weighted by molar-refractivity contribution is -0.149. The quantitative estimate of drug-likeness (QED) is 0.877. The summed E-state index contributed by atoms with van der Waals surface area (Å²) < 4.78 is 10.3. The molecule has 0 amide bonds. The Kier molecular flexibility index (Phi) is 3.74. The highest BCUT2D eigenvalue weighted by Crippen LogP contribution is 2.20. The van der Waals surface area contributed by atoms with Gasteiger partial charge in [0, 0.05) is 11.6 Å². The minimum absolute atomic E-state index is 0.115. The smallest absolute Gasteiger partial charge is 0.332 e. The first kappa shape index (κ1) is 12.3. The van der Waals surface area contributed by atoms with Crippen LogP contribution in [0, 0.1) is 0 Å². The summed E-state index contributed by atoms with van der Waals surface area (Å²) in [6, 6.07) is 11.3. The van der Waals surface area contributed by atoms with Gasteiger partial charge in [0.05, 0.1) is 6.61 Å². The van der Waals surface area contributed by atoms with Gasteiger partial charge in [0.15, 0.2) is 11.9 Å². The molecule has 1 aromatic heterocycles. The van der Waals surface area contributed by atoms with E-state index in [0.29, 0.717) is 11.5 Å². The van der Waals surface area contributed by atoms with Crippen LogP contribution in [0.25, 0.3) is 11.3 Å². The predicted molar refractivity (Wildman–Crippen MR) is 63.8 cm³/mol. The van der Waals surface area contributed by atoms with Crippen LogP contribution in [-0.2, 0) is 16.1 Å². The molecule has 0 aliphatic carbocycles. The van der Waals surface area contributed by atoms with E-state index >= 15 is 0 Å². The molecule has 5 nitrogen and oxygen atoms in total. The van der Waals surface area contributed by atoms with Crippen LogP contribution >= 0.6 is 0 Å². The zero-order valence-electron chi connectivity index (χ0n) is 9.87. The predicted octanol–water partition coefficient (Wildman–Crippen LogP) is 2.33. The van der Waals surface area contributed by atoms with Crippen molar-refractivity contribution in [2.75, 3.05) is 0 Å². The van der Waals surface area contributed by atoms with Gasteiger partial charge in [-0.2, -0.15) is 0 Å². The lowest BCUT2D eigenvalue weighted by Gasteiger charge is -2.05. The molecule has 1 N–H and O–H groups in total. The normalized spacial score (nSPS) is 12.3. The molecule has 2 aromatic rings. The van der Waals surface area contributed by atoms with E-state index in [9.17, 15) is 4.79 Å². The van der Waals surface area contributed by atoms with E-state index in [2.05, 4.69) is 5.16 Å². The Labute approximate surface area is 104 Å². The minimum Gasteiger partial charge on any atom is -0.479 e. The summed E-state index contributed by atoms with van der Waals surface area (Å²) in [4.78, 5) is 10.6. The molecule has 0 saturated heterocycles. The van der Waals surface area contributed by atoms with Crippen LogP contribution in [0.15, 0.2) is 40.9 Å². The number of carboxylic acids is 1. The van der Waals surface area contributed by atoms with Crippen LogP contribution in [0.5, 0.6) is 0 Å². The zero-order valence-corrected chi connectivity index (χ0v) is 9.87. The van der Waals surface area contributed by atoms with E-state index in [1.165, 1.54) is 6.92 Å². The molecule has 18 heavy (non-hydrogen) atoms. The van der Waals surface area contributed by atoms with Crippen molar-refractivity contribution in [3.8, 4) is 11.3 Å². The highest BCUT2D eigenvalue weighted by molar-refractivity contribution is 5.71. The van der Waals surface area contributed by atoms with Gasteiger partial charge in [-0.3, -0.25) is 0 Å². The standard InChI is InChI=1S/C13H13NO4/c1-9(13(15)16)17-8-11-7-12(18-14-11)10-5-3-2-4-6-10/h2-7,9H,8H2,1H3,(H,15,16)/t9-/m0/s1. The average molecular weight is 247 g/mol. The van der Waals surface area contributed by atoms with Crippen molar-refractivity contribution in [2.24, 2.45) is 0 Å². The van der Waals surface area contributed by atoms with Crippen molar-refractivity contribution < 1.29 is 19.2 Å². The summed E-state index contributed by atoms with van der Waals surface area (Å²) in [5, 5.41) is 12.5. The van der Waals surface area contributed by atoms with Gasteiger partial charge in [0.25, 0.3) is 0 Å². The van der Waals surface area contributed by atoms with Crippen molar-refractivity contribution in [1.82, 2.24) is 5.16 Å². The topological polar surface area (TPSA) is 72.6 Å². The monoisotopic (exact) mass is 247 g/mol. The van der Waals surface area contributed by atoms with E-state index < -0.39 is 12.1 Å². The molecule has 0 saturated carbocycles. The number of aromatic nitrogens is 1. The fraction of sp³-hybridized carbons (Fsp3) is 0.231. The summed E-state index contributed by atoms with van der Waals surface area (Å²) in [7, 11) is 0. The number of rotatable bonds is 5. The molecule has 5 heteroatoms. The summed E-state index contributed by atoms with van der Waals surface area (Å²) in [5.74, 6) is -0.362. The van der Waals surface area contributed by atoms with Crippen molar-refractivity contribution >= 4 is 5.97 Å². The lowest BCUT2D eigenvalue weighted by atomic mass is 10.2. The summed E-state index contributed by atoms with van der Waals surface area (Å²) in [5.41, 5.74) is 1.49. The molecule has 1 heterocycles. The van der Waals surface area contributed by atoms with Crippen LogP contribution in [0.1, 0.15) is 12.6 Å². The zero-order chi connectivity index (χ0) is 13.0. The maximum atomic E-state index is 10.6. The Morgan fingerprint density at radius 2 is 2.17 bits per heavy atom. The number of hydrogen-bond donors (Lipinski definition) is 1. The van der Waals surface area contributed by atoms with Crippen LogP contribution in [-0.4, -0.2) is 22.3 Å². The molecule has 0 fully saturated rings. The Morgan fingerprint density at radius 1 is 1.44 bits per heavy atom. The summed E-state index contributed by atoms with van der Waals surface area (Å²) in [6.07, 6.45) is -0.859. The molecule has 94 valence electrons. The van der Waals surface area contributed by atoms with Gasteiger partial charge in [-0.05, 0) is 6.92 Å². The molecular formula is C13H13NO4. The molecule has 0 spiro atoms. The second-order valence-corrected chi connectivity index (χ2v) is 3.84. The van der Waals surface area contributed by atoms with Crippen LogP contribution < -0.4 is 0 Å². The SMILES string of the molecule is C[C@H](OCc1cc(-c2ccccc2)on1)C(=O)O. The van der Waals surface area contributed by atoms with E-state index in [-0.39, 0.29) is 6.61 Å². The van der Waals surface area contributed by atoms with E-state index in [1.807, 2.05) is 30.3 Å². The second kappa shape index (κ2) is 5.46. The number of hydrogen-bond acceptors (Lipinski definition) is 4. The first-order valence-corrected chi connectivity index (χ1v) is 5.52. The third-order valence-electron chi connectivity index (χ3n) is 2.45. The number of nitrogens with zero attached hydrogens (tertiary/aromatic N) is 1. The molecule has 0 unspecified atom stereocenters. The van der Waals surface area contributed by atoms with Gasteiger partial charge < -0.3 is 14.4 Å². The molecular weight excluding hydrogens is 234 g/mol. The first-order valence-electron chi connectivity index (χ1n) is 5.52. The van der Waals surface area contributed by atoms with Crippen molar-refractivity contribution in [2.45, 2.75) is 19.6 Å². The fourth-order valence-corrected chi connectivity index (χ4v) is 1.40. The minimum atomic E-state index is -0.998. The van der Waals surface area contributed by atoms with Crippen LogP contribution in [0.4, 0.5) is 0 Å². The third kappa shape index (κ3) is 2.95. The highest BCUT2D eigenvalue weighted by Gasteiger charge is 2.13. The number of ether oxygens (including phenoxy) is 1. The van der Waals surface area contributed by atoms with E-state index in [0.717, 1.165) is 5.56 Å². The molecule has 2 rings (SSSR count). The maximum absolute atomic E-state index is 10.6. The molecule has 1 atom stereocenters. The van der Waals surface area contributed by atoms with Gasteiger partial charge in [0.1, 0.15) is 5.69 Å². The Balaban J connectivity index is 2.01. The Hall–Kier alpha value is -2.14. The van der Waals surface area contributed by atoms with Gasteiger partial charge in [-0.25, -0.2) is 4.79 Å². The average Bonchev–Trinajstić information content (AvgIpc) is 2.85. The van der Waals surface area contributed by atoms with Crippen LogP contribution in [0.2, 0.25) is 0 Å². The molecule has 0 radical (unpaired) electrons. The fourth-order valence-electron chi connectivity index (χ4n) is 1.40. The van der Waals surface area contributed by atoms with Gasteiger partial charge >= 0.3 is 5.97 Å². The number of aliphatic carboxylic acids is 1. The Morgan fingerprint density at radius 3 is 2.83 bits per heavy atom. The number of carbonyl (C=O) groups is 1. The molecule has 0 bridgehead atoms. The number of carboxylic acid groups (broad SMARTS) is 1. The second-order valence-electron chi connectivity index (χ2n) is 3.84. The van der Waals surface area contributed by atoms with E-state index in [1.54, 1.807) is 6.07 Å². The third-order valence-corrected chi connectivity index (χ3v) is 2.45. The largest absolute Gasteiger partial charge is 0.479 e. The highest BCUT2D eigenvalue weighted by atomic mass is 16.5. The van der Waals surface area contributed by atoms with Crippen molar-refractivity contribution in [3.05, 3.63) is 42.1 Å². The lowest BCUT2D eigenvalue weighted by Crippen LogP contribution is -2.19. The number of benzene rings is 1. The maximum Gasteiger partial charge on any atom is 0.332 e. The molecule has 1 aromatic carbocycles. The summed E-state index contributed by atoms with van der Waals surface area (Å²) >= 11 is 0. The molecule has 0 aliphatic heterocycles. The van der Waals surface area contributed by atoms with Crippen molar-refractivity contribution in [1.29, 1.82) is 0 Å². The van der Waals surface area contributed by atoms with Gasteiger partial charge in [-0.1, -0.05) is 35.5 Å². The Bertz CT molecular complexity index is 521.